The van der Waals surface area contributed by atoms with Crippen molar-refractivity contribution in [1.29, 1.82) is 0 Å². The highest BCUT2D eigenvalue weighted by Crippen LogP contribution is 2.72. The molecule has 9 nitrogen and oxygen atoms in total. The number of epoxide rings is 1. The normalized spacial score (nSPS) is 43.0. The highest BCUT2D eigenvalue weighted by Gasteiger charge is 2.86. The first-order valence-electron chi connectivity index (χ1n) is 11.5. The van der Waals surface area contributed by atoms with Crippen molar-refractivity contribution in [2.45, 2.75) is 90.5 Å². The van der Waals surface area contributed by atoms with E-state index in [4.69, 9.17) is 23.7 Å². The van der Waals surface area contributed by atoms with Crippen molar-refractivity contribution in [3.8, 4) is 0 Å². The van der Waals surface area contributed by atoms with Gasteiger partial charge in [-0.3, -0.25) is 14.4 Å². The number of esters is 3. The van der Waals surface area contributed by atoms with E-state index in [9.17, 15) is 19.5 Å². The van der Waals surface area contributed by atoms with Crippen LogP contribution < -0.4 is 0 Å². The summed E-state index contributed by atoms with van der Waals surface area (Å²) < 4.78 is 29.4. The number of carbonyl (C=O) groups excluding carboxylic acids is 3. The third kappa shape index (κ3) is 3.51. The zero-order valence-electron chi connectivity index (χ0n) is 20.1. The van der Waals surface area contributed by atoms with Gasteiger partial charge in [0.2, 0.25) is 0 Å². The van der Waals surface area contributed by atoms with Crippen molar-refractivity contribution in [1.82, 2.24) is 0 Å². The molecule has 0 aromatic heterocycles. The van der Waals surface area contributed by atoms with Gasteiger partial charge in [0.25, 0.3) is 0 Å². The molecule has 4 aliphatic rings. The standard InChI is InChI=1S/C24H34O9/c1-12(2)7-18(27)32-16-9-23(10-29-14(4)25)17(8-13(16)3)33-21-19(28)20(31-15(5)26)22(23,6)24(21)11-30-24/h8,12,16-17,19-21,28H,7,9-11H2,1-6H3/t16-,17+,19+,20+,21+,22+,23+,24-/m0/s1/i1+1,2+1,7+1,12+1. The number of aliphatic hydroxyl groups is 1. The summed E-state index contributed by atoms with van der Waals surface area (Å²) in [4.78, 5) is 36.4. The Hall–Kier alpha value is -1.97. The van der Waals surface area contributed by atoms with E-state index in [0.29, 0.717) is 6.61 Å². The molecular formula is C24H34O9. The summed E-state index contributed by atoms with van der Waals surface area (Å²) in [5.41, 5.74) is -2.00. The number of fused-ring (bicyclic) bond motifs is 2. The summed E-state index contributed by atoms with van der Waals surface area (Å²) in [5.74, 6) is -1.18. The molecule has 8 atom stereocenters. The number of carbonyl (C=O) groups is 3. The minimum Gasteiger partial charge on any atom is -0.465 e. The smallest absolute Gasteiger partial charge is 0.306 e. The fraction of sp³-hybridized carbons (Fsp3) is 0.792. The number of ether oxygens (including phenoxy) is 5. The lowest BCUT2D eigenvalue weighted by atomic mass is 9.51. The van der Waals surface area contributed by atoms with Crippen LogP contribution in [0.1, 0.15) is 54.4 Å². The minimum absolute atomic E-state index is 0.0617. The highest BCUT2D eigenvalue weighted by atomic mass is 16.7. The summed E-state index contributed by atoms with van der Waals surface area (Å²) in [7, 11) is 0. The van der Waals surface area contributed by atoms with Crippen LogP contribution in [0, 0.1) is 16.7 Å². The molecule has 0 amide bonds. The molecule has 4 rings (SSSR count). The monoisotopic (exact) mass is 470 g/mol. The number of rotatable bonds is 6. The van der Waals surface area contributed by atoms with Crippen LogP contribution in [0.4, 0.5) is 0 Å². The fourth-order valence-corrected chi connectivity index (χ4v) is 6.26. The Morgan fingerprint density at radius 2 is 1.88 bits per heavy atom. The number of hydrogen-bond donors (Lipinski definition) is 1. The van der Waals surface area contributed by atoms with Crippen LogP contribution in [0.5, 0.6) is 0 Å². The summed E-state index contributed by atoms with van der Waals surface area (Å²) in [6, 6.07) is 0. The Labute approximate surface area is 193 Å². The van der Waals surface area contributed by atoms with Crippen LogP contribution in [0.15, 0.2) is 11.6 Å². The molecular weight excluding hydrogens is 436 g/mol. The van der Waals surface area contributed by atoms with E-state index in [1.54, 1.807) is 0 Å². The van der Waals surface area contributed by atoms with Gasteiger partial charge in [-0.2, -0.15) is 0 Å². The third-order valence-corrected chi connectivity index (χ3v) is 8.00. The summed E-state index contributed by atoms with van der Waals surface area (Å²) in [6.45, 7) is 10.5. The van der Waals surface area contributed by atoms with Crippen LogP contribution in [-0.2, 0) is 38.1 Å². The van der Waals surface area contributed by atoms with Crippen molar-refractivity contribution in [3.63, 3.8) is 0 Å². The number of hydrogen-bond acceptors (Lipinski definition) is 9. The minimum atomic E-state index is -1.11. The Bertz CT molecular complexity index is 875. The van der Waals surface area contributed by atoms with Gasteiger partial charge in [-0.25, -0.2) is 0 Å². The molecule has 0 unspecified atom stereocenters. The third-order valence-electron chi connectivity index (χ3n) is 8.00. The van der Waals surface area contributed by atoms with E-state index < -0.39 is 58.9 Å². The van der Waals surface area contributed by atoms with Gasteiger partial charge in [0.1, 0.15) is 36.6 Å². The topological polar surface area (TPSA) is 121 Å². The molecule has 1 spiro atoms. The molecule has 2 aliphatic carbocycles. The molecule has 0 aromatic carbocycles. The predicted octanol–water partition coefficient (Wildman–Crippen LogP) is 1.69. The second kappa shape index (κ2) is 8.06. The Morgan fingerprint density at radius 3 is 2.42 bits per heavy atom. The largest absolute Gasteiger partial charge is 0.465 e. The van der Waals surface area contributed by atoms with Crippen molar-refractivity contribution >= 4 is 17.9 Å². The van der Waals surface area contributed by atoms with Gasteiger partial charge in [-0.05, 0) is 18.4 Å². The maximum Gasteiger partial charge on any atom is 0.306 e. The zero-order chi connectivity index (χ0) is 24.3. The fourth-order valence-electron chi connectivity index (χ4n) is 6.26. The molecule has 2 saturated heterocycles. The highest BCUT2D eigenvalue weighted by molar-refractivity contribution is 5.70. The lowest BCUT2D eigenvalue weighted by molar-refractivity contribution is -0.241. The molecule has 2 bridgehead atoms. The van der Waals surface area contributed by atoms with E-state index in [0.717, 1.165) is 5.57 Å². The quantitative estimate of drug-likeness (QED) is 0.203. The van der Waals surface area contributed by atoms with Crippen LogP contribution in [-0.4, -0.2) is 72.3 Å². The van der Waals surface area contributed by atoms with Crippen LogP contribution >= 0.6 is 0 Å². The molecule has 0 aromatic rings. The van der Waals surface area contributed by atoms with Crippen molar-refractivity contribution < 1.29 is 43.2 Å². The predicted molar refractivity (Wildman–Crippen MR) is 114 cm³/mol. The molecule has 0 radical (unpaired) electrons. The maximum atomic E-state index is 12.5. The molecule has 33 heavy (non-hydrogen) atoms. The van der Waals surface area contributed by atoms with Gasteiger partial charge in [-0.15, -0.1) is 0 Å². The average Bonchev–Trinajstić information content (AvgIpc) is 3.48. The van der Waals surface area contributed by atoms with Crippen LogP contribution in [0.3, 0.4) is 0 Å². The van der Waals surface area contributed by atoms with Gasteiger partial charge in [-0.1, -0.05) is 26.8 Å². The van der Waals surface area contributed by atoms with Gasteiger partial charge in [0, 0.05) is 26.7 Å². The summed E-state index contributed by atoms with van der Waals surface area (Å²) in [6.07, 6.45) is -1.46. The molecule has 1 saturated carbocycles. The lowest BCUT2D eigenvalue weighted by Gasteiger charge is -2.58. The summed E-state index contributed by atoms with van der Waals surface area (Å²) in [5, 5.41) is 11.2. The average molecular weight is 470 g/mol. The zero-order valence-corrected chi connectivity index (χ0v) is 20.1. The number of aliphatic hydroxyl groups excluding tert-OH is 1. The van der Waals surface area contributed by atoms with Crippen molar-refractivity contribution in [3.05, 3.63) is 11.6 Å². The first-order chi connectivity index (χ1) is 15.4. The molecule has 9 heteroatoms. The first kappa shape index (κ1) is 24.2. The van der Waals surface area contributed by atoms with E-state index >= 15 is 0 Å². The Kier molecular flexibility index (Phi) is 5.90. The van der Waals surface area contributed by atoms with Gasteiger partial charge in [0.15, 0.2) is 0 Å². The van der Waals surface area contributed by atoms with Crippen LogP contribution in [0.25, 0.3) is 0 Å². The Morgan fingerprint density at radius 1 is 1.21 bits per heavy atom. The molecule has 3 fully saturated rings. The molecule has 184 valence electrons. The molecule has 2 aliphatic heterocycles. The van der Waals surface area contributed by atoms with E-state index in [1.807, 2.05) is 33.8 Å². The lowest BCUT2D eigenvalue weighted by Crippen LogP contribution is -2.68. The maximum absolute atomic E-state index is 12.5. The van der Waals surface area contributed by atoms with E-state index in [1.165, 1.54) is 13.8 Å². The van der Waals surface area contributed by atoms with Gasteiger partial charge < -0.3 is 28.8 Å². The first-order valence-corrected chi connectivity index (χ1v) is 11.5. The second-order valence-corrected chi connectivity index (χ2v) is 10.5. The van der Waals surface area contributed by atoms with Gasteiger partial charge >= 0.3 is 17.9 Å². The van der Waals surface area contributed by atoms with E-state index in [2.05, 4.69) is 0 Å². The molecule has 2 heterocycles. The van der Waals surface area contributed by atoms with Gasteiger partial charge in [0.05, 0.1) is 23.5 Å². The molecule has 1 N–H and O–H groups in total. The van der Waals surface area contributed by atoms with Crippen molar-refractivity contribution in [2.24, 2.45) is 16.7 Å². The summed E-state index contributed by atoms with van der Waals surface area (Å²) >= 11 is 0. The Balaban J connectivity index is 1.79. The second-order valence-electron chi connectivity index (χ2n) is 10.5. The van der Waals surface area contributed by atoms with Crippen molar-refractivity contribution in [2.75, 3.05) is 13.2 Å². The van der Waals surface area contributed by atoms with E-state index in [-0.39, 0.29) is 31.3 Å². The SMILES string of the molecule is CC(=O)OC[C@]12C[C@H](OC(=O)[13CH2][13CH]([13CH3])[13CH3])C(C)=C[C@H]1O[C@@H]1[C@H](O)[C@@H](OC(C)=O)[C@@]2(C)[C@]12CO2. The van der Waals surface area contributed by atoms with Crippen LogP contribution in [0.2, 0.25) is 0 Å².